The number of Topliss-reactive ketones (excluding diaryl/α,β-unsaturated/α-hetero) is 1. The minimum atomic E-state index is -0.213. The van der Waals surface area contributed by atoms with E-state index in [1.54, 1.807) is 14.0 Å². The topological polar surface area (TPSA) is 26.3 Å². The van der Waals surface area contributed by atoms with Crippen molar-refractivity contribution in [1.29, 1.82) is 0 Å². The minimum Gasteiger partial charge on any atom is -0.374 e. The number of ether oxygens (including phenoxy) is 1. The van der Waals surface area contributed by atoms with Crippen LogP contribution >= 0.6 is 0 Å². The number of hydrogen-bond donors (Lipinski definition) is 0. The van der Waals surface area contributed by atoms with Gasteiger partial charge in [0.25, 0.3) is 0 Å². The Bertz CT molecular complexity index is 130. The lowest BCUT2D eigenvalue weighted by Crippen LogP contribution is -2.19. The van der Waals surface area contributed by atoms with Crippen LogP contribution in [0.1, 0.15) is 26.2 Å². The summed E-state index contributed by atoms with van der Waals surface area (Å²) in [5, 5.41) is 0. The van der Waals surface area contributed by atoms with Crippen molar-refractivity contribution in [3.63, 3.8) is 0 Å². The van der Waals surface area contributed by atoms with Crippen molar-refractivity contribution in [2.75, 3.05) is 7.11 Å². The number of rotatable bonds is 6. The molecular formula is C9H16O2. The summed E-state index contributed by atoms with van der Waals surface area (Å²) in [7, 11) is 1.57. The van der Waals surface area contributed by atoms with Crippen LogP contribution in [-0.2, 0) is 9.53 Å². The third kappa shape index (κ3) is 4.73. The van der Waals surface area contributed by atoms with Crippen LogP contribution in [0, 0.1) is 0 Å². The van der Waals surface area contributed by atoms with Crippen LogP contribution in [0.5, 0.6) is 0 Å². The van der Waals surface area contributed by atoms with Crippen molar-refractivity contribution in [1.82, 2.24) is 0 Å². The molecule has 0 aromatic heterocycles. The molecule has 0 aliphatic rings. The van der Waals surface area contributed by atoms with E-state index in [1.807, 2.05) is 6.08 Å². The summed E-state index contributed by atoms with van der Waals surface area (Å²) in [4.78, 5) is 10.8. The van der Waals surface area contributed by atoms with Gasteiger partial charge in [0.15, 0.2) is 5.78 Å². The highest BCUT2D eigenvalue weighted by Gasteiger charge is 2.10. The van der Waals surface area contributed by atoms with Crippen molar-refractivity contribution in [2.24, 2.45) is 0 Å². The number of hydrogen-bond acceptors (Lipinski definition) is 2. The highest BCUT2D eigenvalue weighted by molar-refractivity contribution is 5.80. The molecule has 2 nitrogen and oxygen atoms in total. The molecule has 0 amide bonds. The zero-order valence-corrected chi connectivity index (χ0v) is 7.30. The second kappa shape index (κ2) is 6.10. The minimum absolute atomic E-state index is 0.108. The fourth-order valence-corrected chi connectivity index (χ4v) is 0.935. The average Bonchev–Trinajstić information content (AvgIpc) is 1.97. The summed E-state index contributed by atoms with van der Waals surface area (Å²) in [6, 6.07) is 0. The third-order valence-electron chi connectivity index (χ3n) is 1.61. The molecule has 0 heterocycles. The van der Waals surface area contributed by atoms with Crippen LogP contribution in [0.25, 0.3) is 0 Å². The second-order valence-corrected chi connectivity index (χ2v) is 2.55. The van der Waals surface area contributed by atoms with Gasteiger partial charge in [-0.2, -0.15) is 0 Å². The van der Waals surface area contributed by atoms with E-state index in [0.29, 0.717) is 0 Å². The Labute approximate surface area is 68.2 Å². The number of ketones is 1. The highest BCUT2D eigenvalue weighted by Crippen LogP contribution is 2.05. The molecule has 0 N–H and O–H groups in total. The molecule has 0 bridgehead atoms. The largest absolute Gasteiger partial charge is 0.374 e. The average molecular weight is 156 g/mol. The first-order valence-electron chi connectivity index (χ1n) is 3.86. The quantitative estimate of drug-likeness (QED) is 0.434. The molecule has 0 saturated heterocycles. The standard InChI is InChI=1S/C9H16O2/c1-4-5-6-7-9(11-3)8(2)10/h4,9H,1,5-7H2,2-3H3. The molecular weight excluding hydrogens is 140 g/mol. The van der Waals surface area contributed by atoms with Gasteiger partial charge in [-0.15, -0.1) is 6.58 Å². The van der Waals surface area contributed by atoms with Crippen molar-refractivity contribution in [3.05, 3.63) is 12.7 Å². The number of carbonyl (C=O) groups is 1. The molecule has 64 valence electrons. The number of methoxy groups -OCH3 is 1. The maximum absolute atomic E-state index is 10.8. The van der Waals surface area contributed by atoms with E-state index in [0.717, 1.165) is 19.3 Å². The Morgan fingerprint density at radius 1 is 1.73 bits per heavy atom. The van der Waals surface area contributed by atoms with E-state index in [2.05, 4.69) is 6.58 Å². The molecule has 0 spiro atoms. The van der Waals surface area contributed by atoms with E-state index < -0.39 is 0 Å². The van der Waals surface area contributed by atoms with Gasteiger partial charge in [0, 0.05) is 7.11 Å². The summed E-state index contributed by atoms with van der Waals surface area (Å²) in [6.45, 7) is 5.16. The SMILES string of the molecule is C=CCCCC(OC)C(C)=O. The molecule has 0 fully saturated rings. The molecule has 1 atom stereocenters. The first-order valence-corrected chi connectivity index (χ1v) is 3.86. The Kier molecular flexibility index (Phi) is 5.75. The Hall–Kier alpha value is -0.630. The second-order valence-electron chi connectivity index (χ2n) is 2.55. The predicted molar refractivity (Wildman–Crippen MR) is 45.5 cm³/mol. The zero-order valence-electron chi connectivity index (χ0n) is 7.30. The van der Waals surface area contributed by atoms with E-state index in [-0.39, 0.29) is 11.9 Å². The summed E-state index contributed by atoms with van der Waals surface area (Å²) >= 11 is 0. The Morgan fingerprint density at radius 3 is 2.73 bits per heavy atom. The highest BCUT2D eigenvalue weighted by atomic mass is 16.5. The van der Waals surface area contributed by atoms with Gasteiger partial charge >= 0.3 is 0 Å². The van der Waals surface area contributed by atoms with Crippen molar-refractivity contribution < 1.29 is 9.53 Å². The Morgan fingerprint density at radius 2 is 2.36 bits per heavy atom. The molecule has 11 heavy (non-hydrogen) atoms. The van der Waals surface area contributed by atoms with Gasteiger partial charge in [0.2, 0.25) is 0 Å². The monoisotopic (exact) mass is 156 g/mol. The third-order valence-corrected chi connectivity index (χ3v) is 1.61. The first kappa shape index (κ1) is 10.4. The van der Waals surface area contributed by atoms with Crippen molar-refractivity contribution >= 4 is 5.78 Å². The van der Waals surface area contributed by atoms with Crippen LogP contribution in [0.2, 0.25) is 0 Å². The van der Waals surface area contributed by atoms with Gasteiger partial charge < -0.3 is 4.74 Å². The fourth-order valence-electron chi connectivity index (χ4n) is 0.935. The fraction of sp³-hybridized carbons (Fsp3) is 0.667. The van der Waals surface area contributed by atoms with Crippen molar-refractivity contribution in [2.45, 2.75) is 32.3 Å². The van der Waals surface area contributed by atoms with Gasteiger partial charge in [-0.1, -0.05) is 6.08 Å². The molecule has 0 radical (unpaired) electrons. The number of allylic oxidation sites excluding steroid dienone is 1. The van der Waals surface area contributed by atoms with E-state index in [9.17, 15) is 4.79 Å². The van der Waals surface area contributed by atoms with Crippen LogP contribution in [0.15, 0.2) is 12.7 Å². The molecule has 0 aromatic rings. The molecule has 1 unspecified atom stereocenters. The number of carbonyl (C=O) groups excluding carboxylic acids is 1. The zero-order chi connectivity index (χ0) is 8.69. The van der Waals surface area contributed by atoms with E-state index in [1.165, 1.54) is 0 Å². The van der Waals surface area contributed by atoms with Gasteiger partial charge in [-0.05, 0) is 26.2 Å². The lowest BCUT2D eigenvalue weighted by molar-refractivity contribution is -0.126. The maximum atomic E-state index is 10.8. The van der Waals surface area contributed by atoms with Crippen LogP contribution in [-0.4, -0.2) is 19.0 Å². The summed E-state index contributed by atoms with van der Waals surface area (Å²) < 4.78 is 4.97. The van der Waals surface area contributed by atoms with Gasteiger partial charge in [-0.3, -0.25) is 4.79 Å². The molecule has 2 heteroatoms. The van der Waals surface area contributed by atoms with E-state index in [4.69, 9.17) is 4.74 Å². The summed E-state index contributed by atoms with van der Waals surface area (Å²) in [5.74, 6) is 0.108. The lowest BCUT2D eigenvalue weighted by atomic mass is 10.1. The van der Waals surface area contributed by atoms with Crippen LogP contribution < -0.4 is 0 Å². The molecule has 0 aliphatic heterocycles. The lowest BCUT2D eigenvalue weighted by Gasteiger charge is -2.09. The summed E-state index contributed by atoms with van der Waals surface area (Å²) in [6.07, 6.45) is 4.37. The van der Waals surface area contributed by atoms with Gasteiger partial charge in [-0.25, -0.2) is 0 Å². The van der Waals surface area contributed by atoms with Gasteiger partial charge in [0.05, 0.1) is 0 Å². The molecule has 0 saturated carbocycles. The molecule has 0 rings (SSSR count). The Balaban J connectivity index is 3.52. The molecule has 0 aliphatic carbocycles. The van der Waals surface area contributed by atoms with Crippen molar-refractivity contribution in [3.8, 4) is 0 Å². The van der Waals surface area contributed by atoms with Gasteiger partial charge in [0.1, 0.15) is 6.10 Å². The van der Waals surface area contributed by atoms with E-state index >= 15 is 0 Å². The smallest absolute Gasteiger partial charge is 0.158 e. The number of unbranched alkanes of at least 4 members (excludes halogenated alkanes) is 1. The van der Waals surface area contributed by atoms with Crippen LogP contribution in [0.4, 0.5) is 0 Å². The normalized spacial score (nSPS) is 12.5. The predicted octanol–water partition coefficient (Wildman–Crippen LogP) is 1.95. The van der Waals surface area contributed by atoms with Crippen LogP contribution in [0.3, 0.4) is 0 Å². The first-order chi connectivity index (χ1) is 5.22. The molecule has 0 aromatic carbocycles. The maximum Gasteiger partial charge on any atom is 0.158 e. The summed E-state index contributed by atoms with van der Waals surface area (Å²) in [5.41, 5.74) is 0.